The highest BCUT2D eigenvalue weighted by Crippen LogP contribution is 2.26. The van der Waals surface area contributed by atoms with Gasteiger partial charge in [0.05, 0.1) is 6.54 Å². The Morgan fingerprint density at radius 2 is 2.17 bits per heavy atom. The van der Waals surface area contributed by atoms with Crippen LogP contribution in [0.25, 0.3) is 0 Å². The van der Waals surface area contributed by atoms with E-state index in [9.17, 15) is 0 Å². The largest absolute Gasteiger partial charge is 0.324 e. The molecule has 6 heteroatoms. The molecular weight excluding hydrogens is 268 g/mol. The molecular formula is C12H15ClN4S. The fraction of sp³-hybridized carbons (Fsp3) is 0.333. The van der Waals surface area contributed by atoms with E-state index in [1.165, 1.54) is 0 Å². The van der Waals surface area contributed by atoms with Crippen LogP contribution in [-0.2, 0) is 19.3 Å². The first-order valence-electron chi connectivity index (χ1n) is 5.58. The van der Waals surface area contributed by atoms with Crippen LogP contribution in [0.4, 0.5) is 0 Å². The Bertz CT molecular complexity index is 553. The molecule has 18 heavy (non-hydrogen) atoms. The van der Waals surface area contributed by atoms with E-state index in [0.29, 0.717) is 6.54 Å². The highest BCUT2D eigenvalue weighted by molar-refractivity contribution is 7.98. The van der Waals surface area contributed by atoms with Crippen molar-refractivity contribution in [3.05, 3.63) is 40.2 Å². The van der Waals surface area contributed by atoms with E-state index >= 15 is 0 Å². The maximum Gasteiger partial charge on any atom is 0.191 e. The topological polar surface area (TPSA) is 56.7 Å². The number of thioether (sulfide) groups is 1. The number of nitrogens with zero attached hydrogens (tertiary/aromatic N) is 3. The zero-order valence-electron chi connectivity index (χ0n) is 10.4. The van der Waals surface area contributed by atoms with Crippen LogP contribution in [0.3, 0.4) is 0 Å². The summed E-state index contributed by atoms with van der Waals surface area (Å²) in [7, 11) is 1.92. The van der Waals surface area contributed by atoms with Crippen LogP contribution in [-0.4, -0.2) is 14.8 Å². The molecule has 2 rings (SSSR count). The fourth-order valence-corrected chi connectivity index (χ4v) is 2.88. The molecule has 0 radical (unpaired) electrons. The smallest absolute Gasteiger partial charge is 0.191 e. The van der Waals surface area contributed by atoms with Crippen molar-refractivity contribution in [3.63, 3.8) is 0 Å². The minimum absolute atomic E-state index is 0.398. The zero-order chi connectivity index (χ0) is 13.1. The number of aromatic nitrogens is 3. The van der Waals surface area contributed by atoms with Crippen LogP contribution < -0.4 is 5.73 Å². The van der Waals surface area contributed by atoms with Gasteiger partial charge in [0.1, 0.15) is 5.82 Å². The maximum absolute atomic E-state index is 6.19. The number of hydrogen-bond donors (Lipinski definition) is 1. The number of hydrogen-bond acceptors (Lipinski definition) is 4. The average molecular weight is 283 g/mol. The summed E-state index contributed by atoms with van der Waals surface area (Å²) < 4.78 is 1.91. The second kappa shape index (κ2) is 5.73. The average Bonchev–Trinajstić information content (AvgIpc) is 2.69. The van der Waals surface area contributed by atoms with Crippen LogP contribution in [0.2, 0.25) is 5.02 Å². The summed E-state index contributed by atoms with van der Waals surface area (Å²) in [6.07, 6.45) is 0. The lowest BCUT2D eigenvalue weighted by molar-refractivity contribution is 0.734. The number of nitrogens with two attached hydrogens (primary N) is 1. The highest BCUT2D eigenvalue weighted by Gasteiger charge is 2.09. The molecule has 0 fully saturated rings. The third-order valence-corrected chi connectivity index (χ3v) is 4.09. The monoisotopic (exact) mass is 282 g/mol. The van der Waals surface area contributed by atoms with Gasteiger partial charge in [-0.15, -0.1) is 10.2 Å². The molecule has 0 unspecified atom stereocenters. The van der Waals surface area contributed by atoms with Crippen molar-refractivity contribution in [2.75, 3.05) is 0 Å². The lowest BCUT2D eigenvalue weighted by Gasteiger charge is -2.05. The fourth-order valence-electron chi connectivity index (χ4n) is 1.56. The third kappa shape index (κ3) is 2.85. The molecule has 0 aliphatic heterocycles. The van der Waals surface area contributed by atoms with Gasteiger partial charge in [-0.1, -0.05) is 35.5 Å². The molecule has 96 valence electrons. The first-order chi connectivity index (χ1) is 8.61. The minimum atomic E-state index is 0.398. The van der Waals surface area contributed by atoms with Crippen LogP contribution in [0.5, 0.6) is 0 Å². The van der Waals surface area contributed by atoms with E-state index in [1.807, 2.05) is 30.7 Å². The Balaban J connectivity index is 2.09. The molecule has 0 spiro atoms. The van der Waals surface area contributed by atoms with E-state index < -0.39 is 0 Å². The number of rotatable bonds is 4. The molecule has 1 aromatic carbocycles. The van der Waals surface area contributed by atoms with Crippen molar-refractivity contribution in [2.45, 2.75) is 24.4 Å². The molecule has 0 bridgehead atoms. The van der Waals surface area contributed by atoms with Gasteiger partial charge in [-0.05, 0) is 24.1 Å². The SMILES string of the molecule is Cc1ccc(CSc2nnc(CN)n2C)c(Cl)c1. The Morgan fingerprint density at radius 1 is 1.39 bits per heavy atom. The summed E-state index contributed by atoms with van der Waals surface area (Å²) in [5.41, 5.74) is 7.82. The Morgan fingerprint density at radius 3 is 2.78 bits per heavy atom. The first kappa shape index (κ1) is 13.4. The molecule has 0 saturated heterocycles. The summed E-state index contributed by atoms with van der Waals surface area (Å²) in [6, 6.07) is 6.08. The first-order valence-corrected chi connectivity index (χ1v) is 6.94. The standard InChI is InChI=1S/C12H15ClN4S/c1-8-3-4-9(10(13)5-8)7-18-12-16-15-11(6-14)17(12)2/h3-5H,6-7,14H2,1-2H3. The van der Waals surface area contributed by atoms with Crippen molar-refractivity contribution >= 4 is 23.4 Å². The van der Waals surface area contributed by atoms with Crippen molar-refractivity contribution in [2.24, 2.45) is 12.8 Å². The van der Waals surface area contributed by atoms with Crippen molar-refractivity contribution in [1.29, 1.82) is 0 Å². The molecule has 2 aromatic rings. The Hall–Kier alpha value is -1.04. The highest BCUT2D eigenvalue weighted by atomic mass is 35.5. The molecule has 4 nitrogen and oxygen atoms in total. The van der Waals surface area contributed by atoms with Crippen molar-refractivity contribution < 1.29 is 0 Å². The Labute approximate surface area is 116 Å². The van der Waals surface area contributed by atoms with Gasteiger partial charge in [-0.2, -0.15) is 0 Å². The van der Waals surface area contributed by atoms with Gasteiger partial charge in [-0.25, -0.2) is 0 Å². The van der Waals surface area contributed by atoms with E-state index in [4.69, 9.17) is 17.3 Å². The molecule has 0 aliphatic rings. The second-order valence-electron chi connectivity index (χ2n) is 4.05. The third-order valence-electron chi connectivity index (χ3n) is 2.67. The Kier molecular flexibility index (Phi) is 4.27. The lowest BCUT2D eigenvalue weighted by atomic mass is 10.2. The van der Waals surface area contributed by atoms with Crippen molar-refractivity contribution in [3.8, 4) is 0 Å². The molecule has 0 saturated carbocycles. The number of halogens is 1. The summed E-state index contributed by atoms with van der Waals surface area (Å²) in [4.78, 5) is 0. The van der Waals surface area contributed by atoms with E-state index in [2.05, 4.69) is 16.3 Å². The predicted molar refractivity (Wildman–Crippen MR) is 74.6 cm³/mol. The van der Waals surface area contributed by atoms with Gasteiger partial charge in [0.25, 0.3) is 0 Å². The summed E-state index contributed by atoms with van der Waals surface area (Å²) in [6.45, 7) is 2.42. The zero-order valence-corrected chi connectivity index (χ0v) is 11.9. The van der Waals surface area contributed by atoms with Crippen LogP contribution in [0.1, 0.15) is 17.0 Å². The minimum Gasteiger partial charge on any atom is -0.324 e. The van der Waals surface area contributed by atoms with Crippen LogP contribution in [0.15, 0.2) is 23.4 Å². The van der Waals surface area contributed by atoms with Gasteiger partial charge < -0.3 is 10.3 Å². The summed E-state index contributed by atoms with van der Waals surface area (Å²) >= 11 is 7.80. The van der Waals surface area contributed by atoms with Gasteiger partial charge in [0.2, 0.25) is 0 Å². The van der Waals surface area contributed by atoms with Gasteiger partial charge >= 0.3 is 0 Å². The molecule has 1 heterocycles. The summed E-state index contributed by atoms with van der Waals surface area (Å²) in [5.74, 6) is 1.56. The number of benzene rings is 1. The predicted octanol–water partition coefficient (Wildman–Crippen LogP) is 2.53. The molecule has 0 amide bonds. The van der Waals surface area contributed by atoms with Gasteiger partial charge in [-0.3, -0.25) is 0 Å². The normalized spacial score (nSPS) is 10.9. The van der Waals surface area contributed by atoms with E-state index in [1.54, 1.807) is 11.8 Å². The van der Waals surface area contributed by atoms with Crippen molar-refractivity contribution in [1.82, 2.24) is 14.8 Å². The number of aryl methyl sites for hydroxylation is 1. The van der Waals surface area contributed by atoms with E-state index in [0.717, 1.165) is 32.9 Å². The molecule has 0 aliphatic carbocycles. The quantitative estimate of drug-likeness (QED) is 0.876. The van der Waals surface area contributed by atoms with E-state index in [-0.39, 0.29) is 0 Å². The van der Waals surface area contributed by atoms with Gasteiger partial charge in [0, 0.05) is 17.8 Å². The molecule has 1 aromatic heterocycles. The second-order valence-corrected chi connectivity index (χ2v) is 5.40. The van der Waals surface area contributed by atoms with Crippen LogP contribution in [0, 0.1) is 6.92 Å². The summed E-state index contributed by atoms with van der Waals surface area (Å²) in [5, 5.41) is 9.77. The maximum atomic E-state index is 6.19. The molecule has 0 atom stereocenters. The van der Waals surface area contributed by atoms with Crippen LogP contribution >= 0.6 is 23.4 Å². The van der Waals surface area contributed by atoms with Gasteiger partial charge in [0.15, 0.2) is 5.16 Å². The molecule has 2 N–H and O–H groups in total. The lowest BCUT2D eigenvalue weighted by Crippen LogP contribution is -2.05.